The van der Waals surface area contributed by atoms with E-state index in [2.05, 4.69) is 5.10 Å². The molecule has 4 nitrogen and oxygen atoms in total. The summed E-state index contributed by atoms with van der Waals surface area (Å²) >= 11 is 6.17. The Morgan fingerprint density at radius 2 is 1.95 bits per heavy atom. The first-order valence-corrected chi connectivity index (χ1v) is 6.40. The summed E-state index contributed by atoms with van der Waals surface area (Å²) in [5, 5.41) is 4.88. The van der Waals surface area contributed by atoms with Gasteiger partial charge in [-0.05, 0) is 6.92 Å². The Bertz CT molecular complexity index is 578. The fourth-order valence-corrected chi connectivity index (χ4v) is 2.16. The molecule has 19 heavy (non-hydrogen) atoms. The molecular formula is C14H16ClN3O. The highest BCUT2D eigenvalue weighted by Gasteiger charge is 2.20. The molecule has 0 bridgehead atoms. The van der Waals surface area contributed by atoms with Crippen LogP contribution in [0.5, 0.6) is 0 Å². The van der Waals surface area contributed by atoms with E-state index < -0.39 is 6.04 Å². The Hall–Kier alpha value is -1.81. The molecule has 0 fully saturated rings. The number of hydrogen-bond donors (Lipinski definition) is 0. The Balaban J connectivity index is 2.34. The maximum absolute atomic E-state index is 11.9. The first-order chi connectivity index (χ1) is 9.00. The molecule has 0 aliphatic carbocycles. The third kappa shape index (κ3) is 2.79. The van der Waals surface area contributed by atoms with Gasteiger partial charge in [-0.3, -0.25) is 4.79 Å². The second-order valence-electron chi connectivity index (χ2n) is 4.57. The molecule has 1 atom stereocenters. The van der Waals surface area contributed by atoms with Gasteiger partial charge in [-0.25, -0.2) is 4.68 Å². The van der Waals surface area contributed by atoms with Gasteiger partial charge in [0.15, 0.2) is 0 Å². The molecular weight excluding hydrogens is 262 g/mol. The number of likely N-dealkylation sites (N-methyl/N-ethyl adjacent to an activating group) is 1. The van der Waals surface area contributed by atoms with Crippen LogP contribution in [0.3, 0.4) is 0 Å². The van der Waals surface area contributed by atoms with Crippen molar-refractivity contribution in [1.29, 1.82) is 0 Å². The Morgan fingerprint density at radius 3 is 2.53 bits per heavy atom. The molecule has 1 heterocycles. The Kier molecular flexibility index (Phi) is 3.90. The van der Waals surface area contributed by atoms with Gasteiger partial charge in [0, 0.05) is 25.7 Å². The van der Waals surface area contributed by atoms with E-state index in [0.29, 0.717) is 5.15 Å². The topological polar surface area (TPSA) is 38.1 Å². The van der Waals surface area contributed by atoms with Crippen molar-refractivity contribution >= 4 is 17.5 Å². The van der Waals surface area contributed by atoms with E-state index >= 15 is 0 Å². The smallest absolute Gasteiger partial charge is 0.246 e. The zero-order valence-electron chi connectivity index (χ0n) is 11.2. The number of nitrogens with zero attached hydrogens (tertiary/aromatic N) is 3. The van der Waals surface area contributed by atoms with E-state index in [-0.39, 0.29) is 5.91 Å². The minimum Gasteiger partial charge on any atom is -0.347 e. The fraction of sp³-hybridized carbons (Fsp3) is 0.286. The summed E-state index contributed by atoms with van der Waals surface area (Å²) in [7, 11) is 3.43. The third-order valence-corrected chi connectivity index (χ3v) is 3.21. The zero-order valence-corrected chi connectivity index (χ0v) is 11.9. The van der Waals surface area contributed by atoms with Crippen molar-refractivity contribution < 1.29 is 4.79 Å². The average molecular weight is 278 g/mol. The lowest BCUT2D eigenvalue weighted by Crippen LogP contribution is -2.30. The van der Waals surface area contributed by atoms with Gasteiger partial charge in [-0.15, -0.1) is 0 Å². The predicted molar refractivity (Wildman–Crippen MR) is 76.1 cm³/mol. The summed E-state index contributed by atoms with van der Waals surface area (Å²) in [5.41, 5.74) is 1.75. The van der Waals surface area contributed by atoms with Gasteiger partial charge in [0.25, 0.3) is 0 Å². The lowest BCUT2D eigenvalue weighted by atomic mass is 10.2. The van der Waals surface area contributed by atoms with E-state index in [0.717, 1.165) is 11.3 Å². The molecule has 2 rings (SSSR count). The van der Waals surface area contributed by atoms with Crippen molar-refractivity contribution in [2.45, 2.75) is 13.0 Å². The SMILES string of the molecule is CC(C(=O)N(C)C)n1nc(-c2ccccc2)cc1Cl. The molecule has 0 saturated carbocycles. The summed E-state index contributed by atoms with van der Waals surface area (Å²) in [6.07, 6.45) is 0. The van der Waals surface area contributed by atoms with Crippen molar-refractivity contribution in [1.82, 2.24) is 14.7 Å². The summed E-state index contributed by atoms with van der Waals surface area (Å²) in [5.74, 6) is -0.0374. The molecule has 5 heteroatoms. The van der Waals surface area contributed by atoms with Gasteiger partial charge in [-0.2, -0.15) is 5.10 Å². The number of rotatable bonds is 3. The standard InChI is InChI=1S/C14H16ClN3O/c1-10(14(19)17(2)3)18-13(15)9-12(16-18)11-7-5-4-6-8-11/h4-10H,1-3H3. The quantitative estimate of drug-likeness (QED) is 0.865. The molecule has 100 valence electrons. The summed E-state index contributed by atoms with van der Waals surface area (Å²) in [4.78, 5) is 13.5. The molecule has 1 aromatic heterocycles. The summed E-state index contributed by atoms with van der Waals surface area (Å²) < 4.78 is 1.55. The number of carbonyl (C=O) groups excluding carboxylic acids is 1. The second kappa shape index (κ2) is 5.45. The first-order valence-electron chi connectivity index (χ1n) is 6.02. The van der Waals surface area contributed by atoms with Gasteiger partial charge >= 0.3 is 0 Å². The van der Waals surface area contributed by atoms with E-state index in [1.165, 1.54) is 4.90 Å². The average Bonchev–Trinajstić information content (AvgIpc) is 2.80. The highest BCUT2D eigenvalue weighted by molar-refractivity contribution is 6.30. The highest BCUT2D eigenvalue weighted by atomic mass is 35.5. The minimum atomic E-state index is -0.417. The lowest BCUT2D eigenvalue weighted by Gasteiger charge is -2.17. The molecule has 0 aliphatic rings. The van der Waals surface area contributed by atoms with Crippen molar-refractivity contribution in [2.24, 2.45) is 0 Å². The molecule has 0 aliphatic heterocycles. The van der Waals surface area contributed by atoms with E-state index in [1.54, 1.807) is 31.8 Å². The Labute approximate surface area is 117 Å². The van der Waals surface area contributed by atoms with Gasteiger partial charge in [-0.1, -0.05) is 41.9 Å². The summed E-state index contributed by atoms with van der Waals surface area (Å²) in [6, 6.07) is 11.1. The molecule has 0 spiro atoms. The van der Waals surface area contributed by atoms with Crippen LogP contribution in [-0.2, 0) is 4.79 Å². The van der Waals surface area contributed by atoms with Crippen LogP contribution < -0.4 is 0 Å². The van der Waals surface area contributed by atoms with Crippen LogP contribution in [0.25, 0.3) is 11.3 Å². The molecule has 1 amide bonds. The fourth-order valence-electron chi connectivity index (χ4n) is 1.87. The number of hydrogen-bond acceptors (Lipinski definition) is 2. The number of aromatic nitrogens is 2. The van der Waals surface area contributed by atoms with Crippen LogP contribution in [0.15, 0.2) is 36.4 Å². The summed E-state index contributed by atoms with van der Waals surface area (Å²) in [6.45, 7) is 1.79. The van der Waals surface area contributed by atoms with Crippen LogP contribution in [0.1, 0.15) is 13.0 Å². The predicted octanol–water partition coefficient (Wildman–Crippen LogP) is 2.85. The lowest BCUT2D eigenvalue weighted by molar-refractivity contribution is -0.131. The van der Waals surface area contributed by atoms with Crippen LogP contribution >= 0.6 is 11.6 Å². The molecule has 2 aromatic rings. The molecule has 0 radical (unpaired) electrons. The van der Waals surface area contributed by atoms with E-state index in [4.69, 9.17) is 11.6 Å². The number of halogens is 1. The number of amides is 1. The second-order valence-corrected chi connectivity index (χ2v) is 4.96. The van der Waals surface area contributed by atoms with Gasteiger partial charge in [0.2, 0.25) is 5.91 Å². The molecule has 1 aromatic carbocycles. The van der Waals surface area contributed by atoms with E-state index in [9.17, 15) is 4.79 Å². The largest absolute Gasteiger partial charge is 0.347 e. The monoisotopic (exact) mass is 277 g/mol. The maximum atomic E-state index is 11.9. The number of carbonyl (C=O) groups is 1. The van der Waals surface area contributed by atoms with Crippen LogP contribution in [0.4, 0.5) is 0 Å². The number of benzene rings is 1. The van der Waals surface area contributed by atoms with Crippen LogP contribution in [0, 0.1) is 0 Å². The maximum Gasteiger partial charge on any atom is 0.246 e. The van der Waals surface area contributed by atoms with Gasteiger partial charge in [0.05, 0.1) is 5.69 Å². The minimum absolute atomic E-state index is 0.0374. The molecule has 1 unspecified atom stereocenters. The first kappa shape index (κ1) is 13.6. The van der Waals surface area contributed by atoms with Crippen molar-refractivity contribution in [3.05, 3.63) is 41.6 Å². The Morgan fingerprint density at radius 1 is 1.32 bits per heavy atom. The van der Waals surface area contributed by atoms with Crippen LogP contribution in [-0.4, -0.2) is 34.7 Å². The highest BCUT2D eigenvalue weighted by Crippen LogP contribution is 2.24. The van der Waals surface area contributed by atoms with E-state index in [1.807, 2.05) is 30.3 Å². The molecule has 0 saturated heterocycles. The zero-order chi connectivity index (χ0) is 14.0. The van der Waals surface area contributed by atoms with Crippen molar-refractivity contribution in [3.8, 4) is 11.3 Å². The van der Waals surface area contributed by atoms with Crippen molar-refractivity contribution in [2.75, 3.05) is 14.1 Å². The molecule has 0 N–H and O–H groups in total. The van der Waals surface area contributed by atoms with Gasteiger partial charge < -0.3 is 4.90 Å². The normalized spacial score (nSPS) is 12.2. The van der Waals surface area contributed by atoms with Crippen molar-refractivity contribution in [3.63, 3.8) is 0 Å². The third-order valence-electron chi connectivity index (χ3n) is 2.92. The van der Waals surface area contributed by atoms with Gasteiger partial charge in [0.1, 0.15) is 11.2 Å². The van der Waals surface area contributed by atoms with Crippen LogP contribution in [0.2, 0.25) is 5.15 Å².